The van der Waals surface area contributed by atoms with Gasteiger partial charge >= 0.3 is 11.7 Å². The van der Waals surface area contributed by atoms with Gasteiger partial charge in [0.05, 0.1) is 17.9 Å². The molecule has 1 aromatic heterocycles. The van der Waals surface area contributed by atoms with Gasteiger partial charge in [0.15, 0.2) is 0 Å². The monoisotopic (exact) mass is 411 g/mol. The summed E-state index contributed by atoms with van der Waals surface area (Å²) in [7, 11) is 0. The quantitative estimate of drug-likeness (QED) is 0.413. The maximum Gasteiger partial charge on any atom is 0.338 e. The van der Waals surface area contributed by atoms with Crippen molar-refractivity contribution in [2.24, 2.45) is 4.99 Å². The number of hydrogen-bond acceptors (Lipinski definition) is 6. The van der Waals surface area contributed by atoms with Crippen LogP contribution in [0.5, 0.6) is 5.88 Å². The van der Waals surface area contributed by atoms with E-state index in [0.717, 1.165) is 23.8 Å². The van der Waals surface area contributed by atoms with Crippen LogP contribution in [0.4, 0.5) is 5.69 Å². The SMILES string of the molecule is CCOC(=O)c1ccc(N=Cc2c(O)n(CCC3=CCCCC3)c(=O)[nH]c2=O)cc1. The number of carbonyl (C=O) groups is 1. The first kappa shape index (κ1) is 21.3. The number of nitrogens with zero attached hydrogens (tertiary/aromatic N) is 2. The summed E-state index contributed by atoms with van der Waals surface area (Å²) in [5.74, 6) is -0.839. The lowest BCUT2D eigenvalue weighted by molar-refractivity contribution is 0.0526. The summed E-state index contributed by atoms with van der Waals surface area (Å²) >= 11 is 0. The van der Waals surface area contributed by atoms with Crippen LogP contribution >= 0.6 is 0 Å². The van der Waals surface area contributed by atoms with Gasteiger partial charge < -0.3 is 9.84 Å². The van der Waals surface area contributed by atoms with Crippen molar-refractivity contribution in [3.63, 3.8) is 0 Å². The lowest BCUT2D eigenvalue weighted by atomic mass is 9.97. The summed E-state index contributed by atoms with van der Waals surface area (Å²) in [4.78, 5) is 42.4. The molecular weight excluding hydrogens is 386 g/mol. The Morgan fingerprint density at radius 3 is 2.70 bits per heavy atom. The van der Waals surface area contributed by atoms with E-state index in [-0.39, 0.29) is 18.7 Å². The first-order valence-electron chi connectivity index (χ1n) is 10.0. The number of aromatic hydroxyl groups is 1. The second-order valence-corrected chi connectivity index (χ2v) is 7.03. The minimum absolute atomic E-state index is 0.0957. The van der Waals surface area contributed by atoms with Gasteiger partial charge in [-0.1, -0.05) is 11.6 Å². The van der Waals surface area contributed by atoms with Crippen molar-refractivity contribution < 1.29 is 14.6 Å². The van der Waals surface area contributed by atoms with Gasteiger partial charge in [-0.2, -0.15) is 0 Å². The Hall–Kier alpha value is -3.42. The van der Waals surface area contributed by atoms with E-state index in [9.17, 15) is 19.5 Å². The summed E-state index contributed by atoms with van der Waals surface area (Å²) in [6, 6.07) is 6.32. The van der Waals surface area contributed by atoms with Crippen LogP contribution in [0.1, 0.15) is 54.9 Å². The second kappa shape index (κ2) is 9.87. The summed E-state index contributed by atoms with van der Waals surface area (Å²) in [6.07, 6.45) is 8.37. The third-order valence-corrected chi connectivity index (χ3v) is 4.97. The van der Waals surface area contributed by atoms with Crippen LogP contribution in [-0.4, -0.2) is 33.4 Å². The molecule has 158 valence electrons. The van der Waals surface area contributed by atoms with E-state index in [2.05, 4.69) is 16.1 Å². The van der Waals surface area contributed by atoms with Crippen molar-refractivity contribution in [1.29, 1.82) is 0 Å². The molecule has 30 heavy (non-hydrogen) atoms. The predicted octanol–water partition coefficient (Wildman–Crippen LogP) is 3.06. The largest absolute Gasteiger partial charge is 0.494 e. The third-order valence-electron chi connectivity index (χ3n) is 4.97. The third kappa shape index (κ3) is 5.14. The Morgan fingerprint density at radius 1 is 1.27 bits per heavy atom. The molecule has 8 heteroatoms. The second-order valence-electron chi connectivity index (χ2n) is 7.03. The fraction of sp³-hybridized carbons (Fsp3) is 0.364. The molecule has 2 aromatic rings. The number of nitrogens with one attached hydrogen (secondary N) is 1. The highest BCUT2D eigenvalue weighted by Gasteiger charge is 2.14. The molecule has 0 radical (unpaired) electrons. The van der Waals surface area contributed by atoms with Gasteiger partial charge in [-0.25, -0.2) is 9.59 Å². The lowest BCUT2D eigenvalue weighted by Gasteiger charge is -2.14. The summed E-state index contributed by atoms with van der Waals surface area (Å²) in [5, 5.41) is 10.5. The number of aromatic amines is 1. The topological polar surface area (TPSA) is 114 Å². The van der Waals surface area contributed by atoms with E-state index >= 15 is 0 Å². The van der Waals surface area contributed by atoms with Crippen molar-refractivity contribution in [2.75, 3.05) is 6.61 Å². The van der Waals surface area contributed by atoms with Crippen LogP contribution in [0.25, 0.3) is 0 Å². The van der Waals surface area contributed by atoms with Crippen LogP contribution in [0.3, 0.4) is 0 Å². The molecule has 2 N–H and O–H groups in total. The molecule has 8 nitrogen and oxygen atoms in total. The number of aliphatic imine (C=N–C) groups is 1. The smallest absolute Gasteiger partial charge is 0.338 e. The van der Waals surface area contributed by atoms with Crippen LogP contribution in [0, 0.1) is 0 Å². The Kier molecular flexibility index (Phi) is 7.00. The Morgan fingerprint density at radius 2 is 2.03 bits per heavy atom. The molecule has 0 saturated heterocycles. The Labute approximate surface area is 173 Å². The molecule has 1 aliphatic rings. The average molecular weight is 411 g/mol. The molecule has 0 bridgehead atoms. The van der Waals surface area contributed by atoms with Crippen molar-refractivity contribution >= 4 is 17.9 Å². The first-order chi connectivity index (χ1) is 14.5. The molecule has 0 spiro atoms. The zero-order chi connectivity index (χ0) is 21.5. The molecule has 0 unspecified atom stereocenters. The van der Waals surface area contributed by atoms with Gasteiger partial charge in [0.1, 0.15) is 5.56 Å². The number of hydrogen-bond donors (Lipinski definition) is 2. The number of benzene rings is 1. The molecule has 0 aliphatic heterocycles. The van der Waals surface area contributed by atoms with E-state index in [0.29, 0.717) is 17.7 Å². The highest BCUT2D eigenvalue weighted by Crippen LogP contribution is 2.21. The van der Waals surface area contributed by atoms with Gasteiger partial charge in [-0.05, 0) is 63.3 Å². The normalized spacial score (nSPS) is 14.0. The van der Waals surface area contributed by atoms with Gasteiger partial charge in [-0.3, -0.25) is 19.3 Å². The molecule has 0 fully saturated rings. The average Bonchev–Trinajstić information content (AvgIpc) is 2.74. The van der Waals surface area contributed by atoms with Crippen LogP contribution in [-0.2, 0) is 11.3 Å². The summed E-state index contributed by atoms with van der Waals surface area (Å²) in [6.45, 7) is 2.29. The number of carbonyl (C=O) groups excluding carboxylic acids is 1. The fourth-order valence-corrected chi connectivity index (χ4v) is 3.32. The van der Waals surface area contributed by atoms with Crippen molar-refractivity contribution in [3.05, 3.63) is 67.9 Å². The molecule has 1 aliphatic carbocycles. The van der Waals surface area contributed by atoms with Crippen LogP contribution < -0.4 is 11.2 Å². The molecule has 1 aromatic carbocycles. The van der Waals surface area contributed by atoms with Gasteiger partial charge in [0.2, 0.25) is 5.88 Å². The number of ether oxygens (including phenoxy) is 1. The fourth-order valence-electron chi connectivity index (χ4n) is 3.32. The molecular formula is C22H25N3O5. The van der Waals surface area contributed by atoms with Crippen molar-refractivity contribution in [2.45, 2.75) is 45.6 Å². The maximum atomic E-state index is 12.2. The van der Waals surface area contributed by atoms with Gasteiger partial charge in [-0.15, -0.1) is 0 Å². The zero-order valence-corrected chi connectivity index (χ0v) is 16.9. The van der Waals surface area contributed by atoms with Crippen LogP contribution in [0.2, 0.25) is 0 Å². The minimum Gasteiger partial charge on any atom is -0.494 e. The predicted molar refractivity (Wildman–Crippen MR) is 114 cm³/mol. The van der Waals surface area contributed by atoms with Crippen molar-refractivity contribution in [3.8, 4) is 5.88 Å². The molecule has 0 atom stereocenters. The highest BCUT2D eigenvalue weighted by molar-refractivity contribution is 5.90. The van der Waals surface area contributed by atoms with Gasteiger partial charge in [0, 0.05) is 12.8 Å². The molecule has 0 saturated carbocycles. The first-order valence-corrected chi connectivity index (χ1v) is 10.0. The van der Waals surface area contributed by atoms with Crippen molar-refractivity contribution in [1.82, 2.24) is 9.55 Å². The summed E-state index contributed by atoms with van der Waals surface area (Å²) < 4.78 is 6.08. The number of esters is 1. The number of H-pyrrole nitrogens is 1. The number of aromatic nitrogens is 2. The van der Waals surface area contributed by atoms with Crippen LogP contribution in [0.15, 0.2) is 50.5 Å². The van der Waals surface area contributed by atoms with E-state index in [4.69, 9.17) is 4.74 Å². The van der Waals surface area contributed by atoms with E-state index in [1.807, 2.05) is 0 Å². The Balaban J connectivity index is 1.80. The lowest BCUT2D eigenvalue weighted by Crippen LogP contribution is -2.32. The van der Waals surface area contributed by atoms with Gasteiger partial charge in [0.25, 0.3) is 5.56 Å². The Bertz CT molecular complexity index is 1080. The zero-order valence-electron chi connectivity index (χ0n) is 16.9. The molecule has 3 rings (SSSR count). The standard InChI is InChI=1S/C22H25N3O5/c1-2-30-21(28)16-8-10-17(11-9-16)23-14-18-19(26)24-22(29)25(20(18)27)13-12-15-6-4-3-5-7-15/h6,8-11,14,27H,2-5,7,12-13H2,1H3,(H,24,26,29). The molecule has 0 amide bonds. The van der Waals surface area contributed by atoms with E-state index in [1.165, 1.54) is 18.2 Å². The summed E-state index contributed by atoms with van der Waals surface area (Å²) in [5.41, 5.74) is 0.675. The number of allylic oxidation sites excluding steroid dienone is 2. The minimum atomic E-state index is -0.711. The number of rotatable bonds is 7. The highest BCUT2D eigenvalue weighted by atomic mass is 16.5. The van der Waals surface area contributed by atoms with E-state index in [1.54, 1.807) is 31.2 Å². The maximum absolute atomic E-state index is 12.2. The van der Waals surface area contributed by atoms with E-state index < -0.39 is 23.1 Å². The molecule has 1 heterocycles.